The van der Waals surface area contributed by atoms with Gasteiger partial charge in [0.2, 0.25) is 0 Å². The Hall–Kier alpha value is -1.58. The van der Waals surface area contributed by atoms with Gasteiger partial charge in [-0.1, -0.05) is 23.7 Å². The van der Waals surface area contributed by atoms with Crippen LogP contribution in [0.25, 0.3) is 0 Å². The minimum atomic E-state index is -0.768. The molecule has 0 saturated carbocycles. The molecule has 0 fully saturated rings. The van der Waals surface area contributed by atoms with Gasteiger partial charge in [0.25, 0.3) is 0 Å². The molecule has 0 amide bonds. The number of halogens is 1. The van der Waals surface area contributed by atoms with Gasteiger partial charge < -0.3 is 9.84 Å². The Bertz CT molecular complexity index is 502. The van der Waals surface area contributed by atoms with E-state index in [1.54, 1.807) is 43.8 Å². The van der Waals surface area contributed by atoms with Crippen molar-refractivity contribution in [3.8, 4) is 5.75 Å². The van der Waals surface area contributed by atoms with Gasteiger partial charge in [0.05, 0.1) is 7.11 Å². The van der Waals surface area contributed by atoms with Crippen molar-refractivity contribution < 1.29 is 9.84 Å². The lowest BCUT2D eigenvalue weighted by atomic mass is 10.0. The fourth-order valence-corrected chi connectivity index (χ4v) is 1.79. The van der Waals surface area contributed by atoms with Gasteiger partial charge >= 0.3 is 0 Å². The Labute approximate surface area is 105 Å². The molecule has 1 atom stereocenters. The lowest BCUT2D eigenvalue weighted by Gasteiger charge is -2.14. The molecule has 0 aliphatic carbocycles. The second-order valence-electron chi connectivity index (χ2n) is 3.58. The van der Waals surface area contributed by atoms with E-state index >= 15 is 0 Å². The molecule has 0 radical (unpaired) electrons. The minimum Gasteiger partial charge on any atom is -0.496 e. The molecule has 1 aromatic heterocycles. The summed E-state index contributed by atoms with van der Waals surface area (Å²) in [5, 5.41) is 10.8. The van der Waals surface area contributed by atoms with E-state index in [9.17, 15) is 5.11 Å². The molecule has 0 unspecified atom stereocenters. The van der Waals surface area contributed by atoms with Gasteiger partial charge in [-0.3, -0.25) is 4.98 Å². The monoisotopic (exact) mass is 249 g/mol. The Morgan fingerprint density at radius 1 is 1.35 bits per heavy atom. The highest BCUT2D eigenvalue weighted by Crippen LogP contribution is 2.31. The van der Waals surface area contributed by atoms with Gasteiger partial charge in [0.15, 0.2) is 0 Å². The number of aromatic nitrogens is 1. The summed E-state index contributed by atoms with van der Waals surface area (Å²) in [4.78, 5) is 3.98. The number of aliphatic hydroxyl groups is 1. The summed E-state index contributed by atoms with van der Waals surface area (Å²) < 4.78 is 5.20. The quantitative estimate of drug-likeness (QED) is 0.910. The lowest BCUT2D eigenvalue weighted by molar-refractivity contribution is 0.214. The van der Waals surface area contributed by atoms with Gasteiger partial charge in [-0.2, -0.15) is 0 Å². The number of methoxy groups -OCH3 is 1. The number of pyridine rings is 1. The third-order valence-electron chi connectivity index (χ3n) is 2.49. The molecule has 0 aliphatic heterocycles. The van der Waals surface area contributed by atoms with E-state index in [0.29, 0.717) is 21.9 Å². The van der Waals surface area contributed by atoms with Crippen molar-refractivity contribution in [1.29, 1.82) is 0 Å². The molecule has 1 N–H and O–H groups in total. The number of aliphatic hydroxyl groups excluding tert-OH is 1. The van der Waals surface area contributed by atoms with Crippen LogP contribution in [0.5, 0.6) is 5.75 Å². The Balaban J connectivity index is 2.40. The van der Waals surface area contributed by atoms with Crippen LogP contribution in [0, 0.1) is 0 Å². The van der Waals surface area contributed by atoms with Crippen molar-refractivity contribution in [3.63, 3.8) is 0 Å². The topological polar surface area (TPSA) is 42.4 Å². The van der Waals surface area contributed by atoms with E-state index in [1.165, 1.54) is 0 Å². The average Bonchev–Trinajstić information content (AvgIpc) is 2.39. The van der Waals surface area contributed by atoms with Crippen LogP contribution in [0.1, 0.15) is 17.2 Å². The maximum Gasteiger partial charge on any atom is 0.126 e. The molecule has 17 heavy (non-hydrogen) atoms. The normalized spacial score (nSPS) is 12.2. The second kappa shape index (κ2) is 5.17. The van der Waals surface area contributed by atoms with E-state index in [1.807, 2.05) is 6.07 Å². The molecular formula is C13H12ClNO2. The van der Waals surface area contributed by atoms with Crippen LogP contribution in [0.3, 0.4) is 0 Å². The van der Waals surface area contributed by atoms with Crippen molar-refractivity contribution in [2.75, 3.05) is 7.11 Å². The molecule has 1 heterocycles. The zero-order chi connectivity index (χ0) is 12.3. The van der Waals surface area contributed by atoms with E-state index in [2.05, 4.69) is 4.98 Å². The molecule has 4 heteroatoms. The van der Waals surface area contributed by atoms with Crippen LogP contribution < -0.4 is 4.74 Å². The average molecular weight is 250 g/mol. The molecule has 0 saturated heterocycles. The first-order chi connectivity index (χ1) is 8.22. The first-order valence-corrected chi connectivity index (χ1v) is 5.51. The Morgan fingerprint density at radius 2 is 2.18 bits per heavy atom. The zero-order valence-electron chi connectivity index (χ0n) is 9.30. The van der Waals surface area contributed by atoms with Gasteiger partial charge in [-0.05, 0) is 18.2 Å². The van der Waals surface area contributed by atoms with Crippen LogP contribution in [0.4, 0.5) is 0 Å². The minimum absolute atomic E-state index is 0.564. The van der Waals surface area contributed by atoms with Crippen LogP contribution in [0.2, 0.25) is 5.02 Å². The first-order valence-electron chi connectivity index (χ1n) is 5.14. The molecule has 3 nitrogen and oxygen atoms in total. The predicted octanol–water partition coefficient (Wildman–Crippen LogP) is 2.83. The van der Waals surface area contributed by atoms with Crippen LogP contribution >= 0.6 is 11.6 Å². The highest BCUT2D eigenvalue weighted by molar-refractivity contribution is 6.30. The molecule has 0 aliphatic rings. The Morgan fingerprint density at radius 3 is 2.82 bits per heavy atom. The van der Waals surface area contributed by atoms with Gasteiger partial charge in [-0.25, -0.2) is 0 Å². The summed E-state index contributed by atoms with van der Waals surface area (Å²) in [5.74, 6) is 0.564. The van der Waals surface area contributed by atoms with Crippen molar-refractivity contribution in [2.24, 2.45) is 0 Å². The molecule has 0 bridgehead atoms. The van der Waals surface area contributed by atoms with Crippen molar-refractivity contribution >= 4 is 11.6 Å². The van der Waals surface area contributed by atoms with E-state index in [4.69, 9.17) is 16.3 Å². The van der Waals surface area contributed by atoms with Gasteiger partial charge in [0, 0.05) is 28.5 Å². The molecule has 0 spiro atoms. The molecule has 2 rings (SSSR count). The molecule has 2 aromatic rings. The maximum absolute atomic E-state index is 10.2. The number of ether oxygens (including phenoxy) is 1. The van der Waals surface area contributed by atoms with Crippen LogP contribution in [-0.4, -0.2) is 17.2 Å². The van der Waals surface area contributed by atoms with Crippen LogP contribution in [-0.2, 0) is 0 Å². The highest BCUT2D eigenvalue weighted by atomic mass is 35.5. The van der Waals surface area contributed by atoms with Crippen molar-refractivity contribution in [1.82, 2.24) is 4.98 Å². The summed E-state index contributed by atoms with van der Waals surface area (Å²) in [7, 11) is 1.55. The molecule has 1 aromatic carbocycles. The zero-order valence-corrected chi connectivity index (χ0v) is 10.1. The highest BCUT2D eigenvalue weighted by Gasteiger charge is 2.15. The van der Waals surface area contributed by atoms with E-state index in [0.717, 1.165) is 0 Å². The third kappa shape index (κ3) is 2.57. The largest absolute Gasteiger partial charge is 0.496 e. The summed E-state index contributed by atoms with van der Waals surface area (Å²) in [6, 6.07) is 8.74. The summed E-state index contributed by atoms with van der Waals surface area (Å²) >= 11 is 5.87. The predicted molar refractivity (Wildman–Crippen MR) is 66.3 cm³/mol. The van der Waals surface area contributed by atoms with E-state index in [-0.39, 0.29) is 0 Å². The SMILES string of the molecule is COc1cc(Cl)ccc1[C@@H](O)c1cccnc1. The first kappa shape index (κ1) is 11.9. The molecule has 88 valence electrons. The van der Waals surface area contributed by atoms with Crippen molar-refractivity contribution in [3.05, 3.63) is 58.9 Å². The second-order valence-corrected chi connectivity index (χ2v) is 4.01. The fraction of sp³-hybridized carbons (Fsp3) is 0.154. The summed E-state index contributed by atoms with van der Waals surface area (Å²) in [5.41, 5.74) is 1.39. The number of hydrogen-bond donors (Lipinski definition) is 1. The maximum atomic E-state index is 10.2. The third-order valence-corrected chi connectivity index (χ3v) is 2.73. The fourth-order valence-electron chi connectivity index (χ4n) is 1.63. The lowest BCUT2D eigenvalue weighted by Crippen LogP contribution is -2.02. The van der Waals surface area contributed by atoms with Gasteiger partial charge in [-0.15, -0.1) is 0 Å². The smallest absolute Gasteiger partial charge is 0.126 e. The van der Waals surface area contributed by atoms with Gasteiger partial charge in [0.1, 0.15) is 11.9 Å². The Kier molecular flexibility index (Phi) is 3.61. The summed E-state index contributed by atoms with van der Waals surface area (Å²) in [6.07, 6.45) is 2.52. The van der Waals surface area contributed by atoms with E-state index < -0.39 is 6.10 Å². The number of hydrogen-bond acceptors (Lipinski definition) is 3. The number of rotatable bonds is 3. The molecular weight excluding hydrogens is 238 g/mol. The summed E-state index contributed by atoms with van der Waals surface area (Å²) in [6.45, 7) is 0. The standard InChI is InChI=1S/C13H12ClNO2/c1-17-12-7-10(14)4-5-11(12)13(16)9-3-2-6-15-8-9/h2-8,13,16H,1H3/t13-/m0/s1. The van der Waals surface area contributed by atoms with Crippen LogP contribution in [0.15, 0.2) is 42.7 Å². The number of nitrogens with zero attached hydrogens (tertiary/aromatic N) is 1. The number of benzene rings is 1. The van der Waals surface area contributed by atoms with Crippen molar-refractivity contribution in [2.45, 2.75) is 6.10 Å².